The molecule has 0 saturated heterocycles. The molecule has 1 heterocycles. The molecule has 1 fully saturated rings. The minimum atomic E-state index is 0.373. The standard InChI is InChI=1S/C12H23N5O/c1-10(2)13-8-11-14-15-16-17(11)9-12(4-5-12)6-7-18-3/h10,13H,4-9H2,1-3H3. The van der Waals surface area contributed by atoms with E-state index in [4.69, 9.17) is 4.74 Å². The van der Waals surface area contributed by atoms with Crippen molar-refractivity contribution < 1.29 is 4.74 Å². The number of aromatic nitrogens is 4. The second-order valence-corrected chi connectivity index (χ2v) is 5.53. The summed E-state index contributed by atoms with van der Waals surface area (Å²) >= 11 is 0. The molecule has 0 aliphatic heterocycles. The van der Waals surface area contributed by atoms with Gasteiger partial charge in [0.25, 0.3) is 0 Å². The minimum Gasteiger partial charge on any atom is -0.385 e. The van der Waals surface area contributed by atoms with Crippen LogP contribution in [0.2, 0.25) is 0 Å². The number of nitrogens with one attached hydrogen (secondary N) is 1. The zero-order valence-electron chi connectivity index (χ0n) is 11.5. The largest absolute Gasteiger partial charge is 0.385 e. The number of rotatable bonds is 8. The molecule has 1 aromatic rings. The van der Waals surface area contributed by atoms with Gasteiger partial charge in [0, 0.05) is 19.8 Å². The van der Waals surface area contributed by atoms with Gasteiger partial charge < -0.3 is 10.1 Å². The molecule has 1 N–H and O–H groups in total. The Kier molecular flexibility index (Phi) is 4.29. The van der Waals surface area contributed by atoms with Crippen LogP contribution in [0.3, 0.4) is 0 Å². The Hall–Kier alpha value is -1.01. The highest BCUT2D eigenvalue weighted by molar-refractivity contribution is 4.94. The van der Waals surface area contributed by atoms with Gasteiger partial charge in [-0.2, -0.15) is 0 Å². The average Bonchev–Trinajstić information content (AvgIpc) is 2.95. The second-order valence-electron chi connectivity index (χ2n) is 5.53. The van der Waals surface area contributed by atoms with E-state index in [2.05, 4.69) is 34.7 Å². The number of hydrogen-bond acceptors (Lipinski definition) is 5. The highest BCUT2D eigenvalue weighted by atomic mass is 16.5. The summed E-state index contributed by atoms with van der Waals surface area (Å²) in [6.45, 7) is 6.70. The normalized spacial score (nSPS) is 17.3. The first-order valence-corrected chi connectivity index (χ1v) is 6.63. The van der Waals surface area contributed by atoms with E-state index < -0.39 is 0 Å². The van der Waals surface area contributed by atoms with Crippen molar-refractivity contribution in [1.82, 2.24) is 25.5 Å². The monoisotopic (exact) mass is 253 g/mol. The third-order valence-corrected chi connectivity index (χ3v) is 3.55. The first kappa shape index (κ1) is 13.4. The summed E-state index contributed by atoms with van der Waals surface area (Å²) in [7, 11) is 1.76. The van der Waals surface area contributed by atoms with Crippen LogP contribution in [0.1, 0.15) is 38.9 Å². The molecule has 0 radical (unpaired) electrons. The fraction of sp³-hybridized carbons (Fsp3) is 0.917. The SMILES string of the molecule is COCCC1(Cn2nnnc2CNC(C)C)CC1. The minimum absolute atomic E-state index is 0.373. The first-order valence-electron chi connectivity index (χ1n) is 6.63. The Morgan fingerprint density at radius 1 is 1.44 bits per heavy atom. The first-order chi connectivity index (χ1) is 8.65. The van der Waals surface area contributed by atoms with Crippen molar-refractivity contribution in [3.05, 3.63) is 5.82 Å². The predicted octanol–water partition coefficient (Wildman–Crippen LogP) is 0.988. The van der Waals surface area contributed by atoms with Crippen LogP contribution in [0.15, 0.2) is 0 Å². The molecule has 1 aliphatic rings. The van der Waals surface area contributed by atoms with E-state index in [-0.39, 0.29) is 0 Å². The van der Waals surface area contributed by atoms with E-state index in [9.17, 15) is 0 Å². The number of ether oxygens (including phenoxy) is 1. The Bertz CT molecular complexity index is 372. The van der Waals surface area contributed by atoms with Gasteiger partial charge in [-0.15, -0.1) is 5.10 Å². The van der Waals surface area contributed by atoms with Gasteiger partial charge >= 0.3 is 0 Å². The summed E-state index contributed by atoms with van der Waals surface area (Å²) in [4.78, 5) is 0. The van der Waals surface area contributed by atoms with Gasteiger partial charge in [-0.05, 0) is 35.1 Å². The van der Waals surface area contributed by atoms with Gasteiger partial charge in [-0.25, -0.2) is 4.68 Å². The van der Waals surface area contributed by atoms with E-state index in [1.807, 2.05) is 4.68 Å². The Morgan fingerprint density at radius 3 is 2.83 bits per heavy atom. The van der Waals surface area contributed by atoms with E-state index >= 15 is 0 Å². The highest BCUT2D eigenvalue weighted by Crippen LogP contribution is 2.50. The summed E-state index contributed by atoms with van der Waals surface area (Å²) in [5.41, 5.74) is 0.373. The maximum atomic E-state index is 5.17. The Balaban J connectivity index is 1.91. The number of methoxy groups -OCH3 is 1. The van der Waals surface area contributed by atoms with Crippen LogP contribution in [-0.4, -0.2) is 40.0 Å². The van der Waals surface area contributed by atoms with Crippen LogP contribution in [-0.2, 0) is 17.8 Å². The third-order valence-electron chi connectivity index (χ3n) is 3.55. The van der Waals surface area contributed by atoms with Crippen molar-refractivity contribution in [2.75, 3.05) is 13.7 Å². The number of nitrogens with zero attached hydrogens (tertiary/aromatic N) is 4. The van der Waals surface area contributed by atoms with Crippen molar-refractivity contribution in [2.45, 2.75) is 52.2 Å². The molecule has 0 atom stereocenters. The molecule has 0 aromatic carbocycles. The van der Waals surface area contributed by atoms with Crippen LogP contribution < -0.4 is 5.32 Å². The molecule has 18 heavy (non-hydrogen) atoms. The maximum absolute atomic E-state index is 5.17. The third kappa shape index (κ3) is 3.49. The zero-order chi connectivity index (χ0) is 13.0. The molecule has 0 bridgehead atoms. The van der Waals surface area contributed by atoms with E-state index in [1.165, 1.54) is 12.8 Å². The van der Waals surface area contributed by atoms with Crippen molar-refractivity contribution in [3.8, 4) is 0 Å². The molecule has 1 saturated carbocycles. The lowest BCUT2D eigenvalue weighted by atomic mass is 10.0. The van der Waals surface area contributed by atoms with Gasteiger partial charge in [0.05, 0.1) is 13.1 Å². The molecular weight excluding hydrogens is 230 g/mol. The molecular formula is C12H23N5O. The lowest BCUT2D eigenvalue weighted by molar-refractivity contribution is 0.164. The number of tetrazole rings is 1. The quantitative estimate of drug-likeness (QED) is 0.748. The Labute approximate surface area is 108 Å². The topological polar surface area (TPSA) is 64.9 Å². The molecule has 1 aromatic heterocycles. The lowest BCUT2D eigenvalue weighted by Gasteiger charge is -2.15. The maximum Gasteiger partial charge on any atom is 0.165 e. The average molecular weight is 253 g/mol. The van der Waals surface area contributed by atoms with Gasteiger partial charge in [-0.1, -0.05) is 13.8 Å². The van der Waals surface area contributed by atoms with Crippen molar-refractivity contribution in [1.29, 1.82) is 0 Å². The zero-order valence-corrected chi connectivity index (χ0v) is 11.5. The summed E-state index contributed by atoms with van der Waals surface area (Å²) in [6, 6.07) is 0.443. The van der Waals surface area contributed by atoms with E-state index in [0.29, 0.717) is 11.5 Å². The van der Waals surface area contributed by atoms with Gasteiger partial charge in [0.1, 0.15) is 0 Å². The van der Waals surface area contributed by atoms with Crippen LogP contribution >= 0.6 is 0 Å². The van der Waals surface area contributed by atoms with Gasteiger partial charge in [0.2, 0.25) is 0 Å². The van der Waals surface area contributed by atoms with Crippen LogP contribution in [0, 0.1) is 5.41 Å². The molecule has 6 heteroatoms. The molecule has 6 nitrogen and oxygen atoms in total. The summed E-state index contributed by atoms with van der Waals surface area (Å²) in [5, 5.41) is 15.3. The van der Waals surface area contributed by atoms with Crippen LogP contribution in [0.25, 0.3) is 0 Å². The van der Waals surface area contributed by atoms with Crippen LogP contribution in [0.5, 0.6) is 0 Å². The molecule has 0 amide bonds. The Morgan fingerprint density at radius 2 is 2.22 bits per heavy atom. The number of hydrogen-bond donors (Lipinski definition) is 1. The van der Waals surface area contributed by atoms with Crippen molar-refractivity contribution in [3.63, 3.8) is 0 Å². The highest BCUT2D eigenvalue weighted by Gasteiger charge is 2.43. The molecule has 2 rings (SSSR count). The summed E-state index contributed by atoms with van der Waals surface area (Å²) in [6.07, 6.45) is 3.61. The predicted molar refractivity (Wildman–Crippen MR) is 68.0 cm³/mol. The van der Waals surface area contributed by atoms with Crippen molar-refractivity contribution >= 4 is 0 Å². The van der Waals surface area contributed by atoms with E-state index in [1.54, 1.807) is 7.11 Å². The molecule has 1 aliphatic carbocycles. The molecule has 0 spiro atoms. The van der Waals surface area contributed by atoms with Gasteiger partial charge in [-0.3, -0.25) is 0 Å². The van der Waals surface area contributed by atoms with E-state index in [0.717, 1.165) is 31.9 Å². The fourth-order valence-electron chi connectivity index (χ4n) is 2.07. The second kappa shape index (κ2) is 5.75. The summed E-state index contributed by atoms with van der Waals surface area (Å²) in [5.74, 6) is 0.924. The van der Waals surface area contributed by atoms with Gasteiger partial charge in [0.15, 0.2) is 5.82 Å². The smallest absolute Gasteiger partial charge is 0.165 e. The molecule has 102 valence electrons. The molecule has 0 unspecified atom stereocenters. The lowest BCUT2D eigenvalue weighted by Crippen LogP contribution is -2.25. The van der Waals surface area contributed by atoms with Crippen molar-refractivity contribution in [2.24, 2.45) is 5.41 Å². The summed E-state index contributed by atoms with van der Waals surface area (Å²) < 4.78 is 7.12. The van der Waals surface area contributed by atoms with Crippen LogP contribution in [0.4, 0.5) is 0 Å². The fourth-order valence-corrected chi connectivity index (χ4v) is 2.07.